The Morgan fingerprint density at radius 1 is 0.622 bits per heavy atom. The summed E-state index contributed by atoms with van der Waals surface area (Å²) in [5, 5.41) is 137. The summed E-state index contributed by atoms with van der Waals surface area (Å²) in [6.07, 6.45) is -22.4. The lowest BCUT2D eigenvalue weighted by molar-refractivity contribution is -0.389. The van der Waals surface area contributed by atoms with Crippen LogP contribution in [0.5, 0.6) is 0 Å². The molecule has 9 rings (SSSR count). The summed E-state index contributed by atoms with van der Waals surface area (Å²) in [6.45, 7) is 13.3. The number of hydrogen-bond donors (Lipinski definition) is 13. The van der Waals surface area contributed by atoms with E-state index in [1.807, 2.05) is 0 Å². The predicted molar refractivity (Wildman–Crippen MR) is 252 cm³/mol. The summed E-state index contributed by atoms with van der Waals surface area (Å²) in [6, 6.07) is 0. The Bertz CT molecular complexity index is 2050. The second-order valence-corrected chi connectivity index (χ2v) is 24.4. The number of rotatable bonds is 11. The molecule has 0 spiro atoms. The SMILES string of the molecule is C=C1CC[C@]2(C(=O)O[C@@H]3O[C@H](CO)[C@@H](O)[C@H](O)[C@H]3O)CC[C@]3(C)C(=CC[C@@H]4[C@@]5(C)CC[C@H](O[C@@H]6OC[C@H](O)[C@H](O[C@@H]7O[C@H](CO)[C@@H](O)[C@H](O)[C@H]7O)[C@H]6O[C@@H]6O[C@H](CO)[C@@H](O)[C@H](O)[C@H]6O)C(C)(C)[C@@H]5CC[C@]43C)[C@@H]2C1. The molecule has 0 unspecified atom stereocenters. The first-order chi connectivity index (χ1) is 34.8. The fraction of sp³-hybridized carbons (Fsp3) is 0.904. The van der Waals surface area contributed by atoms with Crippen molar-refractivity contribution in [2.75, 3.05) is 26.4 Å². The van der Waals surface area contributed by atoms with Crippen LogP contribution in [0.2, 0.25) is 0 Å². The molecule has 22 heteroatoms. The maximum Gasteiger partial charge on any atom is 0.315 e. The number of ether oxygens (including phenoxy) is 8. The molecule has 4 heterocycles. The van der Waals surface area contributed by atoms with Crippen molar-refractivity contribution in [3.63, 3.8) is 0 Å². The Kier molecular flexibility index (Phi) is 16.1. The van der Waals surface area contributed by atoms with E-state index in [1.54, 1.807) is 0 Å². The summed E-state index contributed by atoms with van der Waals surface area (Å²) in [5.74, 6) is -0.502. The van der Waals surface area contributed by atoms with Gasteiger partial charge in [-0.25, -0.2) is 0 Å². The van der Waals surface area contributed by atoms with Gasteiger partial charge >= 0.3 is 5.97 Å². The van der Waals surface area contributed by atoms with Gasteiger partial charge in [0.15, 0.2) is 18.9 Å². The van der Waals surface area contributed by atoms with E-state index in [4.69, 9.17) is 37.9 Å². The maximum atomic E-state index is 14.6. The Hall–Kier alpha value is -1.85. The number of allylic oxidation sites excluding steroid dienone is 3. The number of aliphatic hydroxyl groups excluding tert-OH is 13. The summed E-state index contributed by atoms with van der Waals surface area (Å²) < 4.78 is 48.6. The van der Waals surface area contributed by atoms with E-state index in [2.05, 4.69) is 47.3 Å². The molecule has 0 aromatic carbocycles. The number of esters is 1. The Balaban J connectivity index is 0.969. The monoisotopic (exact) mass is 1060 g/mol. The van der Waals surface area contributed by atoms with Crippen molar-refractivity contribution in [1.29, 1.82) is 0 Å². The molecule has 5 aliphatic carbocycles. The fourth-order valence-corrected chi connectivity index (χ4v) is 15.8. The van der Waals surface area contributed by atoms with Crippen LogP contribution in [0, 0.1) is 44.8 Å². The normalized spacial score (nSPS) is 53.4. The lowest BCUT2D eigenvalue weighted by atomic mass is 9.34. The standard InChI is InChI=1S/C52H82O22/c1-22-9-14-52(47(66)74-45-40(65)37(62)34(59)28(20-55)70-45)16-15-50(5)23(24(52)17-22)7-8-30-49(4)12-11-31(48(2,3)29(49)10-13-51(30,50)6)71-46-42(73-44-39(64)36(61)33(58)27(19-54)69-44)41(25(56)21-67-46)72-43-38(63)35(60)32(57)26(18-53)68-43/h7,24-46,53-65H,1,8-21H2,2-6H3/t24-,25-,26+,27+,28+,29-,30+,31-,32+,33+,34+,35-,36-,37-,38+,39+,40+,41-,42+,43-,44-,45-,46-,49-,50+,51+,52-/m0/s1. The smallest absolute Gasteiger partial charge is 0.315 e. The Morgan fingerprint density at radius 2 is 1.16 bits per heavy atom. The molecule has 422 valence electrons. The summed E-state index contributed by atoms with van der Waals surface area (Å²) in [7, 11) is 0. The minimum atomic E-state index is -1.88. The molecular weight excluding hydrogens is 977 g/mol. The molecule has 13 N–H and O–H groups in total. The van der Waals surface area contributed by atoms with E-state index in [0.29, 0.717) is 38.5 Å². The van der Waals surface area contributed by atoms with Crippen molar-refractivity contribution in [2.45, 2.75) is 222 Å². The van der Waals surface area contributed by atoms with Gasteiger partial charge in [-0.05, 0) is 97.7 Å². The predicted octanol–water partition coefficient (Wildman–Crippen LogP) is -1.87. The van der Waals surface area contributed by atoms with Gasteiger partial charge in [0.25, 0.3) is 0 Å². The highest BCUT2D eigenvalue weighted by Crippen LogP contribution is 2.75. The highest BCUT2D eigenvalue weighted by molar-refractivity contribution is 5.79. The van der Waals surface area contributed by atoms with Gasteiger partial charge in [-0.15, -0.1) is 0 Å². The summed E-state index contributed by atoms with van der Waals surface area (Å²) >= 11 is 0. The van der Waals surface area contributed by atoms with Crippen LogP contribution in [0.15, 0.2) is 23.8 Å². The van der Waals surface area contributed by atoms with Crippen molar-refractivity contribution in [2.24, 2.45) is 44.8 Å². The maximum absolute atomic E-state index is 14.6. The molecule has 4 aliphatic heterocycles. The number of hydrogen-bond acceptors (Lipinski definition) is 22. The molecule has 74 heavy (non-hydrogen) atoms. The minimum Gasteiger partial charge on any atom is -0.432 e. The van der Waals surface area contributed by atoms with Crippen molar-refractivity contribution < 1.29 is 109 Å². The Labute approximate surface area is 430 Å². The van der Waals surface area contributed by atoms with Gasteiger partial charge in [-0.2, -0.15) is 0 Å². The highest BCUT2D eigenvalue weighted by Gasteiger charge is 2.70. The lowest BCUT2D eigenvalue weighted by Gasteiger charge is -2.71. The van der Waals surface area contributed by atoms with E-state index in [1.165, 1.54) is 5.57 Å². The van der Waals surface area contributed by atoms with Crippen LogP contribution in [0.25, 0.3) is 0 Å². The molecular formula is C52H82O22. The molecule has 9 aliphatic rings. The molecule has 0 amide bonds. The molecule has 27 atom stereocenters. The summed E-state index contributed by atoms with van der Waals surface area (Å²) in [5.41, 5.74) is -0.0553. The van der Waals surface area contributed by atoms with Crippen LogP contribution in [-0.4, -0.2) is 222 Å². The molecule has 22 nitrogen and oxygen atoms in total. The second-order valence-electron chi connectivity index (χ2n) is 24.4. The van der Waals surface area contributed by atoms with Gasteiger partial charge in [-0.1, -0.05) is 58.4 Å². The Morgan fingerprint density at radius 3 is 1.73 bits per heavy atom. The topological polar surface area (TPSA) is 354 Å². The van der Waals surface area contributed by atoms with Crippen LogP contribution < -0.4 is 0 Å². The van der Waals surface area contributed by atoms with Crippen molar-refractivity contribution in [1.82, 2.24) is 0 Å². The molecule has 0 bridgehead atoms. The van der Waals surface area contributed by atoms with E-state index < -0.39 is 159 Å². The first-order valence-electron chi connectivity index (χ1n) is 26.6. The van der Waals surface area contributed by atoms with Crippen LogP contribution in [0.3, 0.4) is 0 Å². The van der Waals surface area contributed by atoms with Crippen molar-refractivity contribution in [3.8, 4) is 0 Å². The molecule has 0 radical (unpaired) electrons. The van der Waals surface area contributed by atoms with Gasteiger partial charge in [-0.3, -0.25) is 4.79 Å². The minimum absolute atomic E-state index is 0.0937. The number of aliphatic hydroxyl groups is 13. The van der Waals surface area contributed by atoms with Gasteiger partial charge in [0.2, 0.25) is 6.29 Å². The third kappa shape index (κ3) is 9.09. The van der Waals surface area contributed by atoms with Crippen LogP contribution in [-0.2, 0) is 42.7 Å². The number of fused-ring (bicyclic) bond motifs is 7. The quantitative estimate of drug-likeness (QED) is 0.0613. The zero-order valence-corrected chi connectivity index (χ0v) is 43.0. The van der Waals surface area contributed by atoms with Gasteiger partial charge in [0, 0.05) is 5.92 Å². The van der Waals surface area contributed by atoms with E-state index in [9.17, 15) is 71.2 Å². The lowest BCUT2D eigenvalue weighted by Crippen LogP contribution is -2.67. The van der Waals surface area contributed by atoms with Gasteiger partial charge in [0.1, 0.15) is 91.6 Å². The number of carbonyl (C=O) groups excluding carboxylic acids is 1. The van der Waals surface area contributed by atoms with E-state index in [-0.39, 0.29) is 40.6 Å². The van der Waals surface area contributed by atoms with Gasteiger partial charge < -0.3 is 104 Å². The van der Waals surface area contributed by atoms with Crippen molar-refractivity contribution in [3.05, 3.63) is 23.8 Å². The first-order valence-corrected chi connectivity index (χ1v) is 26.6. The highest BCUT2D eigenvalue weighted by atomic mass is 16.8. The summed E-state index contributed by atoms with van der Waals surface area (Å²) in [4.78, 5) is 14.6. The molecule has 8 fully saturated rings. The second kappa shape index (κ2) is 21.0. The van der Waals surface area contributed by atoms with Gasteiger partial charge in [0.05, 0.1) is 37.9 Å². The third-order valence-electron chi connectivity index (χ3n) is 20.4. The van der Waals surface area contributed by atoms with Crippen LogP contribution in [0.1, 0.15) is 98.8 Å². The molecule has 0 aromatic rings. The van der Waals surface area contributed by atoms with Crippen molar-refractivity contribution >= 4 is 5.97 Å². The van der Waals surface area contributed by atoms with E-state index >= 15 is 0 Å². The van der Waals surface area contributed by atoms with Crippen LogP contribution >= 0.6 is 0 Å². The third-order valence-corrected chi connectivity index (χ3v) is 20.4. The zero-order chi connectivity index (χ0) is 53.8. The molecule has 0 aromatic heterocycles. The van der Waals surface area contributed by atoms with Crippen LogP contribution in [0.4, 0.5) is 0 Å². The zero-order valence-electron chi connectivity index (χ0n) is 43.0. The average molecular weight is 1060 g/mol. The van der Waals surface area contributed by atoms with E-state index in [0.717, 1.165) is 31.3 Å². The number of carbonyl (C=O) groups is 1. The molecule has 4 saturated carbocycles. The first kappa shape index (κ1) is 56.9. The molecule has 4 saturated heterocycles. The fourth-order valence-electron chi connectivity index (χ4n) is 15.8. The largest absolute Gasteiger partial charge is 0.432 e. The average Bonchev–Trinajstić information content (AvgIpc) is 3.36.